The second kappa shape index (κ2) is 10.2. The third-order valence-electron chi connectivity index (χ3n) is 5.49. The SMILES string of the molecule is Cc1cc(C)c(SCNC(=O)N2CC=C(c3ncc([C@H](O)CO)cc3O)CC2)cc1C. The molecule has 31 heavy (non-hydrogen) atoms. The number of pyridine rings is 1. The first-order valence-corrected chi connectivity index (χ1v) is 11.2. The number of aromatic hydroxyl groups is 1. The molecule has 166 valence electrons. The number of thioether (sulfide) groups is 1. The number of hydrogen-bond acceptors (Lipinski definition) is 6. The number of hydrogen-bond donors (Lipinski definition) is 4. The van der Waals surface area contributed by atoms with Crippen LogP contribution in [0.25, 0.3) is 5.57 Å². The topological polar surface area (TPSA) is 106 Å². The number of urea groups is 1. The minimum Gasteiger partial charge on any atom is -0.506 e. The molecule has 8 heteroatoms. The lowest BCUT2D eigenvalue weighted by atomic mass is 10.0. The highest BCUT2D eigenvalue weighted by Gasteiger charge is 2.21. The van der Waals surface area contributed by atoms with E-state index < -0.39 is 12.7 Å². The summed E-state index contributed by atoms with van der Waals surface area (Å²) in [4.78, 5) is 19.6. The monoisotopic (exact) mass is 443 g/mol. The molecule has 1 aromatic carbocycles. The Morgan fingerprint density at radius 2 is 1.97 bits per heavy atom. The number of carbonyl (C=O) groups is 1. The zero-order valence-electron chi connectivity index (χ0n) is 18.1. The molecule has 1 aliphatic rings. The molecule has 0 spiro atoms. The van der Waals surface area contributed by atoms with Crippen LogP contribution in [-0.4, -0.2) is 56.8 Å². The van der Waals surface area contributed by atoms with Crippen molar-refractivity contribution in [1.82, 2.24) is 15.2 Å². The molecule has 1 aliphatic heterocycles. The van der Waals surface area contributed by atoms with E-state index in [-0.39, 0.29) is 11.8 Å². The van der Waals surface area contributed by atoms with Gasteiger partial charge in [-0.2, -0.15) is 0 Å². The van der Waals surface area contributed by atoms with Crippen molar-refractivity contribution in [1.29, 1.82) is 0 Å². The highest BCUT2D eigenvalue weighted by molar-refractivity contribution is 7.99. The Bertz CT molecular complexity index is 993. The van der Waals surface area contributed by atoms with Crippen LogP contribution in [0.4, 0.5) is 4.79 Å². The van der Waals surface area contributed by atoms with Crippen LogP contribution >= 0.6 is 11.8 Å². The minimum absolute atomic E-state index is 0.0469. The lowest BCUT2D eigenvalue weighted by Gasteiger charge is -2.27. The number of aryl methyl sites for hydroxylation is 3. The minimum atomic E-state index is -1.07. The number of rotatable bonds is 6. The van der Waals surface area contributed by atoms with Gasteiger partial charge in [-0.25, -0.2) is 4.79 Å². The maximum atomic E-state index is 12.5. The van der Waals surface area contributed by atoms with Crippen LogP contribution < -0.4 is 5.32 Å². The van der Waals surface area contributed by atoms with Crippen molar-refractivity contribution < 1.29 is 20.1 Å². The summed E-state index contributed by atoms with van der Waals surface area (Å²) in [5.41, 5.74) is 5.36. The van der Waals surface area contributed by atoms with Crippen LogP contribution in [0, 0.1) is 20.8 Å². The number of aromatic nitrogens is 1. The Kier molecular flexibility index (Phi) is 7.59. The summed E-state index contributed by atoms with van der Waals surface area (Å²) in [6, 6.07) is 5.61. The Hall–Kier alpha value is -2.55. The maximum Gasteiger partial charge on any atom is 0.318 e. The smallest absolute Gasteiger partial charge is 0.318 e. The highest BCUT2D eigenvalue weighted by atomic mass is 32.2. The summed E-state index contributed by atoms with van der Waals surface area (Å²) >= 11 is 1.61. The zero-order valence-corrected chi connectivity index (χ0v) is 18.9. The standard InChI is InChI=1S/C23H29N3O4S/c1-14-8-16(3)21(9-15(14)2)31-13-25-23(30)26-6-4-17(5-7-26)22-19(28)10-18(11-24-22)20(29)12-27/h4,8-11,20,27-29H,5-7,12-13H2,1-3H3,(H,25,30)/t20-/m1/s1. The summed E-state index contributed by atoms with van der Waals surface area (Å²) in [6.07, 6.45) is 2.83. The van der Waals surface area contributed by atoms with Crippen molar-refractivity contribution in [2.24, 2.45) is 0 Å². The normalized spacial score (nSPS) is 14.9. The molecule has 4 N–H and O–H groups in total. The first kappa shape index (κ1) is 23.1. The van der Waals surface area contributed by atoms with E-state index in [9.17, 15) is 15.0 Å². The van der Waals surface area contributed by atoms with E-state index in [0.29, 0.717) is 36.6 Å². The lowest BCUT2D eigenvalue weighted by molar-refractivity contribution is 0.0951. The number of benzene rings is 1. The van der Waals surface area contributed by atoms with Crippen molar-refractivity contribution in [3.63, 3.8) is 0 Å². The van der Waals surface area contributed by atoms with Crippen LogP contribution in [-0.2, 0) is 0 Å². The van der Waals surface area contributed by atoms with Gasteiger partial charge in [0.25, 0.3) is 0 Å². The van der Waals surface area contributed by atoms with E-state index >= 15 is 0 Å². The van der Waals surface area contributed by atoms with Crippen LogP contribution in [0.2, 0.25) is 0 Å². The van der Waals surface area contributed by atoms with Crippen LogP contribution in [0.15, 0.2) is 35.4 Å². The number of aliphatic hydroxyl groups excluding tert-OH is 2. The molecule has 0 saturated heterocycles. The molecule has 0 fully saturated rings. The first-order valence-electron chi connectivity index (χ1n) is 10.2. The first-order chi connectivity index (χ1) is 14.8. The highest BCUT2D eigenvalue weighted by Crippen LogP contribution is 2.30. The number of nitrogens with one attached hydrogen (secondary N) is 1. The van der Waals surface area contributed by atoms with Crippen molar-refractivity contribution in [2.75, 3.05) is 25.6 Å². The molecule has 0 unspecified atom stereocenters. The van der Waals surface area contributed by atoms with Crippen molar-refractivity contribution in [2.45, 2.75) is 38.2 Å². The van der Waals surface area contributed by atoms with E-state index in [2.05, 4.69) is 43.2 Å². The van der Waals surface area contributed by atoms with Gasteiger partial charge in [0.05, 0.1) is 12.5 Å². The Morgan fingerprint density at radius 1 is 1.23 bits per heavy atom. The van der Waals surface area contributed by atoms with Crippen LogP contribution in [0.5, 0.6) is 5.75 Å². The number of aliphatic hydroxyl groups is 2. The van der Waals surface area contributed by atoms with Crippen molar-refractivity contribution in [3.05, 3.63) is 58.4 Å². The molecule has 1 aromatic heterocycles. The molecule has 2 amide bonds. The molecular weight excluding hydrogens is 414 g/mol. The van der Waals surface area contributed by atoms with E-state index in [1.165, 1.54) is 33.8 Å². The molecule has 0 bridgehead atoms. The lowest BCUT2D eigenvalue weighted by Crippen LogP contribution is -2.42. The zero-order chi connectivity index (χ0) is 22.5. The van der Waals surface area contributed by atoms with Gasteiger partial charge < -0.3 is 25.5 Å². The van der Waals surface area contributed by atoms with Gasteiger partial charge in [0.15, 0.2) is 0 Å². The summed E-state index contributed by atoms with van der Waals surface area (Å²) in [5, 5.41) is 31.9. The third kappa shape index (κ3) is 5.58. The molecule has 7 nitrogen and oxygen atoms in total. The summed E-state index contributed by atoms with van der Waals surface area (Å²) in [6.45, 7) is 6.77. The van der Waals surface area contributed by atoms with E-state index in [4.69, 9.17) is 5.11 Å². The number of nitrogens with zero attached hydrogens (tertiary/aromatic N) is 2. The fraction of sp³-hybridized carbons (Fsp3) is 0.391. The Balaban J connectivity index is 1.55. The van der Waals surface area contributed by atoms with Crippen molar-refractivity contribution >= 4 is 23.4 Å². The van der Waals surface area contributed by atoms with E-state index in [0.717, 1.165) is 5.57 Å². The average molecular weight is 444 g/mol. The van der Waals surface area contributed by atoms with E-state index in [1.807, 2.05) is 6.08 Å². The molecule has 2 aromatic rings. The van der Waals surface area contributed by atoms with Crippen LogP contribution in [0.3, 0.4) is 0 Å². The molecule has 0 radical (unpaired) electrons. The molecule has 2 heterocycles. The quantitative estimate of drug-likeness (QED) is 0.403. The average Bonchev–Trinajstić information content (AvgIpc) is 2.76. The summed E-state index contributed by atoms with van der Waals surface area (Å²) < 4.78 is 0. The van der Waals surface area contributed by atoms with Gasteiger partial charge in [-0.05, 0) is 61.6 Å². The van der Waals surface area contributed by atoms with Gasteiger partial charge in [-0.1, -0.05) is 12.1 Å². The summed E-state index contributed by atoms with van der Waals surface area (Å²) in [5.74, 6) is 0.445. The van der Waals surface area contributed by atoms with Crippen LogP contribution in [0.1, 0.15) is 40.5 Å². The van der Waals surface area contributed by atoms with Gasteiger partial charge in [-0.15, -0.1) is 11.8 Å². The summed E-state index contributed by atoms with van der Waals surface area (Å²) in [7, 11) is 0. The predicted molar refractivity (Wildman–Crippen MR) is 122 cm³/mol. The largest absolute Gasteiger partial charge is 0.506 e. The molecule has 3 rings (SSSR count). The number of amides is 2. The van der Waals surface area contributed by atoms with Gasteiger partial charge in [-0.3, -0.25) is 4.98 Å². The van der Waals surface area contributed by atoms with Gasteiger partial charge >= 0.3 is 6.03 Å². The third-order valence-corrected chi connectivity index (χ3v) is 6.53. The van der Waals surface area contributed by atoms with Gasteiger partial charge in [0.1, 0.15) is 17.5 Å². The molecular formula is C23H29N3O4S. The maximum absolute atomic E-state index is 12.5. The molecule has 0 saturated carbocycles. The Labute approximate surface area is 186 Å². The number of carbonyl (C=O) groups excluding carboxylic acids is 1. The second-order valence-corrected chi connectivity index (χ2v) is 8.75. The van der Waals surface area contributed by atoms with Gasteiger partial charge in [0, 0.05) is 29.7 Å². The fourth-order valence-corrected chi connectivity index (χ4v) is 4.35. The fourth-order valence-electron chi connectivity index (χ4n) is 3.45. The predicted octanol–water partition coefficient (Wildman–Crippen LogP) is 3.29. The molecule has 1 atom stereocenters. The van der Waals surface area contributed by atoms with Gasteiger partial charge in [0.2, 0.25) is 0 Å². The second-order valence-electron chi connectivity index (χ2n) is 7.73. The Morgan fingerprint density at radius 3 is 2.61 bits per heavy atom. The molecule has 0 aliphatic carbocycles. The van der Waals surface area contributed by atoms with Crippen molar-refractivity contribution in [3.8, 4) is 5.75 Å². The van der Waals surface area contributed by atoms with E-state index in [1.54, 1.807) is 16.7 Å².